The Kier molecular flexibility index (Phi) is 4.41. The van der Waals surface area contributed by atoms with Crippen molar-refractivity contribution >= 4 is 11.3 Å². The summed E-state index contributed by atoms with van der Waals surface area (Å²) in [6, 6.07) is 6.42. The molecule has 1 aromatic carbocycles. The maximum Gasteiger partial charge on any atom is 0.161 e. The van der Waals surface area contributed by atoms with Crippen molar-refractivity contribution in [3.8, 4) is 11.5 Å². The minimum atomic E-state index is 0.226. The molecule has 4 nitrogen and oxygen atoms in total. The SMILES string of the molecule is CNC(Cc1csc(C)n1)c1ccc2c(c1)OCCCO2. The van der Waals surface area contributed by atoms with E-state index in [0.29, 0.717) is 6.61 Å². The largest absolute Gasteiger partial charge is 0.490 e. The maximum absolute atomic E-state index is 5.77. The van der Waals surface area contributed by atoms with E-state index in [0.717, 1.165) is 41.6 Å². The fourth-order valence-electron chi connectivity index (χ4n) is 2.49. The Labute approximate surface area is 129 Å². The monoisotopic (exact) mass is 304 g/mol. The first kappa shape index (κ1) is 14.4. The van der Waals surface area contributed by atoms with Crippen LogP contribution in [0.3, 0.4) is 0 Å². The van der Waals surface area contributed by atoms with Crippen LogP contribution in [0.15, 0.2) is 23.6 Å². The van der Waals surface area contributed by atoms with E-state index in [4.69, 9.17) is 9.47 Å². The lowest BCUT2D eigenvalue weighted by Crippen LogP contribution is -2.19. The molecule has 0 fully saturated rings. The fraction of sp³-hybridized carbons (Fsp3) is 0.438. The van der Waals surface area contributed by atoms with Gasteiger partial charge in [-0.2, -0.15) is 0 Å². The molecule has 2 heterocycles. The molecule has 0 radical (unpaired) electrons. The summed E-state index contributed by atoms with van der Waals surface area (Å²) in [6.07, 6.45) is 1.80. The standard InChI is InChI=1S/C16H20N2O2S/c1-11-18-13(10-21-11)9-14(17-2)12-4-5-15-16(8-12)20-7-3-6-19-15/h4-5,8,10,14,17H,3,6-7,9H2,1-2H3. The molecule has 0 bridgehead atoms. The van der Waals surface area contributed by atoms with E-state index < -0.39 is 0 Å². The molecular weight excluding hydrogens is 284 g/mol. The molecule has 112 valence electrons. The smallest absolute Gasteiger partial charge is 0.161 e. The second kappa shape index (κ2) is 6.45. The average Bonchev–Trinajstić information content (AvgIpc) is 2.76. The van der Waals surface area contributed by atoms with Crippen molar-refractivity contribution < 1.29 is 9.47 Å². The van der Waals surface area contributed by atoms with E-state index >= 15 is 0 Å². The van der Waals surface area contributed by atoms with Crippen LogP contribution in [0.1, 0.15) is 28.7 Å². The minimum Gasteiger partial charge on any atom is -0.490 e. The van der Waals surface area contributed by atoms with Gasteiger partial charge in [0, 0.05) is 24.3 Å². The van der Waals surface area contributed by atoms with Crippen LogP contribution in [-0.4, -0.2) is 25.2 Å². The third kappa shape index (κ3) is 3.36. The predicted octanol–water partition coefficient (Wildman–Crippen LogP) is 3.12. The van der Waals surface area contributed by atoms with Crippen LogP contribution in [-0.2, 0) is 6.42 Å². The van der Waals surface area contributed by atoms with Gasteiger partial charge < -0.3 is 14.8 Å². The van der Waals surface area contributed by atoms with Crippen LogP contribution in [0.2, 0.25) is 0 Å². The molecule has 3 rings (SSSR count). The molecule has 1 aromatic heterocycles. The summed E-state index contributed by atoms with van der Waals surface area (Å²) in [5, 5.41) is 6.60. The summed E-state index contributed by atoms with van der Waals surface area (Å²) in [6.45, 7) is 3.47. The van der Waals surface area contributed by atoms with Crippen LogP contribution < -0.4 is 14.8 Å². The highest BCUT2D eigenvalue weighted by atomic mass is 32.1. The van der Waals surface area contributed by atoms with Crippen LogP contribution in [0.5, 0.6) is 11.5 Å². The molecule has 0 spiro atoms. The van der Waals surface area contributed by atoms with Gasteiger partial charge in [0.1, 0.15) is 0 Å². The van der Waals surface area contributed by atoms with Crippen molar-refractivity contribution in [1.29, 1.82) is 0 Å². The number of fused-ring (bicyclic) bond motifs is 1. The highest BCUT2D eigenvalue weighted by Gasteiger charge is 2.16. The Morgan fingerprint density at radius 1 is 1.29 bits per heavy atom. The number of benzene rings is 1. The zero-order valence-corrected chi connectivity index (χ0v) is 13.2. The first-order chi connectivity index (χ1) is 10.3. The Morgan fingerprint density at radius 2 is 2.10 bits per heavy atom. The summed E-state index contributed by atoms with van der Waals surface area (Å²) < 4.78 is 11.5. The number of aromatic nitrogens is 1. The third-order valence-electron chi connectivity index (χ3n) is 3.60. The van der Waals surface area contributed by atoms with Crippen molar-refractivity contribution in [1.82, 2.24) is 10.3 Å². The number of nitrogens with one attached hydrogen (secondary N) is 1. The molecule has 21 heavy (non-hydrogen) atoms. The average molecular weight is 304 g/mol. The summed E-state index contributed by atoms with van der Waals surface area (Å²) in [5.74, 6) is 1.69. The normalized spacial score (nSPS) is 15.5. The van der Waals surface area contributed by atoms with Gasteiger partial charge in [0.2, 0.25) is 0 Å². The van der Waals surface area contributed by atoms with Crippen LogP contribution in [0, 0.1) is 6.92 Å². The fourth-order valence-corrected chi connectivity index (χ4v) is 3.12. The number of aryl methyl sites for hydroxylation is 1. The number of hydrogen-bond donors (Lipinski definition) is 1. The van der Waals surface area contributed by atoms with Crippen molar-refractivity contribution in [2.75, 3.05) is 20.3 Å². The number of nitrogens with zero attached hydrogens (tertiary/aromatic N) is 1. The van der Waals surface area contributed by atoms with Crippen LogP contribution in [0.25, 0.3) is 0 Å². The highest BCUT2D eigenvalue weighted by Crippen LogP contribution is 2.33. The van der Waals surface area contributed by atoms with Gasteiger partial charge in [-0.15, -0.1) is 11.3 Å². The van der Waals surface area contributed by atoms with Gasteiger partial charge >= 0.3 is 0 Å². The van der Waals surface area contributed by atoms with E-state index in [1.54, 1.807) is 11.3 Å². The lowest BCUT2D eigenvalue weighted by molar-refractivity contribution is 0.297. The topological polar surface area (TPSA) is 43.4 Å². The molecule has 0 aliphatic carbocycles. The van der Waals surface area contributed by atoms with E-state index in [1.165, 1.54) is 5.56 Å². The van der Waals surface area contributed by atoms with Crippen molar-refractivity contribution in [2.45, 2.75) is 25.8 Å². The van der Waals surface area contributed by atoms with Gasteiger partial charge in [-0.05, 0) is 31.7 Å². The first-order valence-electron chi connectivity index (χ1n) is 7.24. The number of thiazole rings is 1. The van der Waals surface area contributed by atoms with Gasteiger partial charge in [-0.3, -0.25) is 0 Å². The molecule has 5 heteroatoms. The molecule has 2 aromatic rings. The summed E-state index contributed by atoms with van der Waals surface area (Å²) in [5.41, 5.74) is 2.33. The van der Waals surface area contributed by atoms with Gasteiger partial charge in [0.25, 0.3) is 0 Å². The molecule has 1 unspecified atom stereocenters. The molecule has 0 saturated carbocycles. The van der Waals surface area contributed by atoms with Gasteiger partial charge in [-0.25, -0.2) is 4.98 Å². The van der Waals surface area contributed by atoms with E-state index in [9.17, 15) is 0 Å². The predicted molar refractivity (Wildman–Crippen MR) is 84.4 cm³/mol. The van der Waals surface area contributed by atoms with E-state index in [-0.39, 0.29) is 6.04 Å². The zero-order chi connectivity index (χ0) is 14.7. The highest BCUT2D eigenvalue weighted by molar-refractivity contribution is 7.09. The quantitative estimate of drug-likeness (QED) is 0.942. The Hall–Kier alpha value is -1.59. The van der Waals surface area contributed by atoms with Crippen molar-refractivity contribution in [2.24, 2.45) is 0 Å². The first-order valence-corrected chi connectivity index (χ1v) is 8.12. The number of ether oxygens (including phenoxy) is 2. The molecule has 0 saturated heterocycles. The van der Waals surface area contributed by atoms with Gasteiger partial charge in [-0.1, -0.05) is 6.07 Å². The van der Waals surface area contributed by atoms with Crippen LogP contribution in [0.4, 0.5) is 0 Å². The number of likely N-dealkylation sites (N-methyl/N-ethyl adjacent to an activating group) is 1. The lowest BCUT2D eigenvalue weighted by atomic mass is 10.0. The van der Waals surface area contributed by atoms with E-state index in [2.05, 4.69) is 27.8 Å². The summed E-state index contributed by atoms with van der Waals surface area (Å²) in [4.78, 5) is 4.55. The summed E-state index contributed by atoms with van der Waals surface area (Å²) >= 11 is 1.69. The second-order valence-electron chi connectivity index (χ2n) is 5.16. The number of rotatable bonds is 4. The van der Waals surface area contributed by atoms with Crippen LogP contribution >= 0.6 is 11.3 Å². The zero-order valence-electron chi connectivity index (χ0n) is 12.4. The Balaban J connectivity index is 1.81. The molecule has 0 amide bonds. The van der Waals surface area contributed by atoms with E-state index in [1.807, 2.05) is 20.0 Å². The van der Waals surface area contributed by atoms with Gasteiger partial charge in [0.05, 0.1) is 23.9 Å². The minimum absolute atomic E-state index is 0.226. The maximum atomic E-state index is 5.77. The van der Waals surface area contributed by atoms with Crippen molar-refractivity contribution in [3.05, 3.63) is 39.8 Å². The molecule has 1 aliphatic heterocycles. The van der Waals surface area contributed by atoms with Gasteiger partial charge in [0.15, 0.2) is 11.5 Å². The number of hydrogen-bond acceptors (Lipinski definition) is 5. The van der Waals surface area contributed by atoms with Crippen molar-refractivity contribution in [3.63, 3.8) is 0 Å². The lowest BCUT2D eigenvalue weighted by Gasteiger charge is -2.17. The third-order valence-corrected chi connectivity index (χ3v) is 4.42. The Morgan fingerprint density at radius 3 is 2.81 bits per heavy atom. The molecule has 1 atom stereocenters. The molecule has 1 N–H and O–H groups in total. The Bertz CT molecular complexity index is 612. The second-order valence-corrected chi connectivity index (χ2v) is 6.22. The summed E-state index contributed by atoms with van der Waals surface area (Å²) in [7, 11) is 1.98. The molecule has 1 aliphatic rings. The molecular formula is C16H20N2O2S.